The van der Waals surface area contributed by atoms with E-state index in [4.69, 9.17) is 4.74 Å². The van der Waals surface area contributed by atoms with Crippen LogP contribution in [0.3, 0.4) is 0 Å². The lowest BCUT2D eigenvalue weighted by Crippen LogP contribution is -2.41. The molecule has 2 aromatic carbocycles. The van der Waals surface area contributed by atoms with E-state index in [1.165, 1.54) is 5.56 Å². The van der Waals surface area contributed by atoms with Crippen molar-refractivity contribution >= 4 is 17.5 Å². The standard InChI is InChI=1S/C29H36N2O4/c1-3-30(4-2)18-21-12-14-22(15-13-21)20-35-28-11-7-9-24-25(28)19-31(29(24)34)26-17-16-23(32)8-5-6-10-27(26)33/h7,9,11-15,26H,3-6,8,10,16-20H2,1-2H3. The number of benzene rings is 2. The van der Waals surface area contributed by atoms with Crippen molar-refractivity contribution in [3.8, 4) is 5.75 Å². The molecule has 0 aromatic heterocycles. The topological polar surface area (TPSA) is 66.9 Å². The second kappa shape index (κ2) is 11.6. The van der Waals surface area contributed by atoms with Crippen LogP contribution in [0.1, 0.15) is 79.4 Å². The largest absolute Gasteiger partial charge is 0.489 e. The van der Waals surface area contributed by atoms with E-state index in [-0.39, 0.29) is 17.5 Å². The molecule has 6 nitrogen and oxygen atoms in total. The Morgan fingerprint density at radius 3 is 2.37 bits per heavy atom. The molecule has 0 bridgehead atoms. The zero-order valence-electron chi connectivity index (χ0n) is 20.9. The van der Waals surface area contributed by atoms with Crippen molar-refractivity contribution in [2.45, 2.75) is 78.1 Å². The first kappa shape index (κ1) is 25.1. The fourth-order valence-corrected chi connectivity index (χ4v) is 5.02. The molecule has 0 spiro atoms. The smallest absolute Gasteiger partial charge is 0.255 e. The van der Waals surface area contributed by atoms with E-state index in [1.807, 2.05) is 12.1 Å². The van der Waals surface area contributed by atoms with E-state index in [1.54, 1.807) is 11.0 Å². The van der Waals surface area contributed by atoms with Crippen molar-refractivity contribution < 1.29 is 19.1 Å². The van der Waals surface area contributed by atoms with Crippen LogP contribution in [0.4, 0.5) is 0 Å². The van der Waals surface area contributed by atoms with Crippen LogP contribution in [-0.2, 0) is 29.3 Å². The first-order valence-electron chi connectivity index (χ1n) is 12.9. The van der Waals surface area contributed by atoms with Crippen molar-refractivity contribution in [3.05, 3.63) is 64.7 Å². The van der Waals surface area contributed by atoms with Gasteiger partial charge in [0, 0.05) is 36.9 Å². The zero-order chi connectivity index (χ0) is 24.8. The summed E-state index contributed by atoms with van der Waals surface area (Å²) < 4.78 is 6.16. The molecule has 1 atom stereocenters. The van der Waals surface area contributed by atoms with Gasteiger partial charge in [0.1, 0.15) is 18.1 Å². The number of rotatable bonds is 8. The highest BCUT2D eigenvalue weighted by atomic mass is 16.5. The molecule has 6 heteroatoms. The second-order valence-corrected chi connectivity index (χ2v) is 9.55. The molecular formula is C29H36N2O4. The fraction of sp³-hybridized carbons (Fsp3) is 0.483. The number of ketones is 2. The van der Waals surface area contributed by atoms with Crippen LogP contribution in [-0.4, -0.2) is 46.4 Å². The maximum absolute atomic E-state index is 13.2. The quantitative estimate of drug-likeness (QED) is 0.541. The first-order valence-corrected chi connectivity index (χ1v) is 12.9. The number of carbonyl (C=O) groups excluding carboxylic acids is 3. The molecule has 2 aromatic rings. The van der Waals surface area contributed by atoms with Gasteiger partial charge in [-0.25, -0.2) is 0 Å². The van der Waals surface area contributed by atoms with E-state index in [9.17, 15) is 14.4 Å². The summed E-state index contributed by atoms with van der Waals surface area (Å²) in [6.07, 6.45) is 3.17. The number of carbonyl (C=O) groups is 3. The summed E-state index contributed by atoms with van der Waals surface area (Å²) >= 11 is 0. The number of amides is 1. The molecule has 1 unspecified atom stereocenters. The van der Waals surface area contributed by atoms with E-state index in [2.05, 4.69) is 43.0 Å². The van der Waals surface area contributed by atoms with Gasteiger partial charge in [-0.05, 0) is 55.6 Å². The Bertz CT molecular complexity index is 1060. The predicted molar refractivity (Wildman–Crippen MR) is 135 cm³/mol. The molecule has 2 aliphatic rings. The van der Waals surface area contributed by atoms with Gasteiger partial charge >= 0.3 is 0 Å². The lowest BCUT2D eigenvalue weighted by atomic mass is 10.0. The minimum atomic E-state index is -0.539. The van der Waals surface area contributed by atoms with Crippen molar-refractivity contribution in [3.63, 3.8) is 0 Å². The van der Waals surface area contributed by atoms with Crippen molar-refractivity contribution in [2.75, 3.05) is 13.1 Å². The molecule has 1 fully saturated rings. The average Bonchev–Trinajstić information content (AvgIpc) is 3.24. The molecule has 1 aliphatic heterocycles. The molecule has 4 rings (SSSR count). The molecule has 35 heavy (non-hydrogen) atoms. The fourth-order valence-electron chi connectivity index (χ4n) is 5.02. The molecule has 1 amide bonds. The van der Waals surface area contributed by atoms with Crippen molar-refractivity contribution in [1.82, 2.24) is 9.80 Å². The highest BCUT2D eigenvalue weighted by Crippen LogP contribution is 2.34. The van der Waals surface area contributed by atoms with Crippen LogP contribution in [0.2, 0.25) is 0 Å². The maximum Gasteiger partial charge on any atom is 0.255 e. The predicted octanol–water partition coefficient (Wildman–Crippen LogP) is 4.92. The van der Waals surface area contributed by atoms with Crippen LogP contribution < -0.4 is 4.74 Å². The van der Waals surface area contributed by atoms with Gasteiger partial charge in [0.05, 0.1) is 12.6 Å². The summed E-state index contributed by atoms with van der Waals surface area (Å²) in [5, 5.41) is 0. The van der Waals surface area contributed by atoms with Gasteiger partial charge in [0.25, 0.3) is 5.91 Å². The van der Waals surface area contributed by atoms with E-state index in [0.29, 0.717) is 56.6 Å². The number of fused-ring (bicyclic) bond motifs is 1. The Morgan fingerprint density at radius 1 is 0.914 bits per heavy atom. The van der Waals surface area contributed by atoms with Crippen LogP contribution in [0.15, 0.2) is 42.5 Å². The van der Waals surface area contributed by atoms with Gasteiger partial charge < -0.3 is 9.64 Å². The number of Topliss-reactive ketones (excluding diaryl/α,β-unsaturated/α-hetero) is 2. The van der Waals surface area contributed by atoms with Gasteiger partial charge in [-0.15, -0.1) is 0 Å². The molecule has 1 heterocycles. The van der Waals surface area contributed by atoms with Crippen molar-refractivity contribution in [1.29, 1.82) is 0 Å². The lowest BCUT2D eigenvalue weighted by Gasteiger charge is -2.26. The molecule has 0 saturated heterocycles. The minimum Gasteiger partial charge on any atom is -0.489 e. The van der Waals surface area contributed by atoms with Gasteiger partial charge in [0.15, 0.2) is 5.78 Å². The summed E-state index contributed by atoms with van der Waals surface area (Å²) in [5.41, 5.74) is 3.76. The number of hydrogen-bond donors (Lipinski definition) is 0. The molecule has 0 radical (unpaired) electrons. The Hall–Kier alpha value is -2.99. The number of hydrogen-bond acceptors (Lipinski definition) is 5. The van der Waals surface area contributed by atoms with Gasteiger partial charge in [-0.1, -0.05) is 44.2 Å². The molecule has 186 valence electrons. The third-order valence-corrected chi connectivity index (χ3v) is 7.24. The second-order valence-electron chi connectivity index (χ2n) is 9.55. The van der Waals surface area contributed by atoms with Crippen LogP contribution in [0.25, 0.3) is 0 Å². The third kappa shape index (κ3) is 5.99. The summed E-state index contributed by atoms with van der Waals surface area (Å²) in [7, 11) is 0. The highest BCUT2D eigenvalue weighted by Gasteiger charge is 2.37. The van der Waals surface area contributed by atoms with Gasteiger partial charge in [-0.3, -0.25) is 19.3 Å². The summed E-state index contributed by atoms with van der Waals surface area (Å²) in [5.74, 6) is 0.780. The third-order valence-electron chi connectivity index (χ3n) is 7.24. The molecular weight excluding hydrogens is 440 g/mol. The minimum absolute atomic E-state index is 0.0631. The van der Waals surface area contributed by atoms with Crippen LogP contribution >= 0.6 is 0 Å². The normalized spacial score (nSPS) is 18.9. The maximum atomic E-state index is 13.2. The SMILES string of the molecule is CCN(CC)Cc1ccc(COc2cccc3c2CN(C2CCC(=O)CCCCC2=O)C3=O)cc1. The molecule has 0 N–H and O–H groups in total. The summed E-state index contributed by atoms with van der Waals surface area (Å²) in [6.45, 7) is 8.08. The highest BCUT2D eigenvalue weighted by molar-refractivity contribution is 6.02. The Kier molecular flexibility index (Phi) is 8.34. The monoisotopic (exact) mass is 476 g/mol. The summed E-state index contributed by atoms with van der Waals surface area (Å²) in [4.78, 5) is 42.3. The van der Waals surface area contributed by atoms with Gasteiger partial charge in [0.2, 0.25) is 0 Å². The lowest BCUT2D eigenvalue weighted by molar-refractivity contribution is -0.124. The zero-order valence-corrected chi connectivity index (χ0v) is 20.9. The van der Waals surface area contributed by atoms with E-state index in [0.717, 1.165) is 37.2 Å². The Morgan fingerprint density at radius 2 is 1.63 bits per heavy atom. The first-order chi connectivity index (χ1) is 17.0. The van der Waals surface area contributed by atoms with Crippen molar-refractivity contribution in [2.24, 2.45) is 0 Å². The van der Waals surface area contributed by atoms with E-state index < -0.39 is 6.04 Å². The Balaban J connectivity index is 1.44. The van der Waals surface area contributed by atoms with Crippen LogP contribution in [0, 0.1) is 0 Å². The van der Waals surface area contributed by atoms with E-state index >= 15 is 0 Å². The van der Waals surface area contributed by atoms with Crippen LogP contribution in [0.5, 0.6) is 5.75 Å². The summed E-state index contributed by atoms with van der Waals surface area (Å²) in [6, 6.07) is 13.4. The molecule has 1 aliphatic carbocycles. The Labute approximate surface area is 208 Å². The van der Waals surface area contributed by atoms with Gasteiger partial charge in [-0.2, -0.15) is 0 Å². The molecule has 1 saturated carbocycles. The average molecular weight is 477 g/mol. The number of nitrogens with zero attached hydrogens (tertiary/aromatic N) is 2. The number of ether oxygens (including phenoxy) is 1.